The van der Waals surface area contributed by atoms with Gasteiger partial charge in [-0.15, -0.1) is 0 Å². The van der Waals surface area contributed by atoms with Crippen LogP contribution in [0.2, 0.25) is 0 Å². The predicted octanol–water partition coefficient (Wildman–Crippen LogP) is 15.6. The Bertz CT molecular complexity index is 3190. The third kappa shape index (κ3) is 4.26. The highest BCUT2D eigenvalue weighted by molar-refractivity contribution is 5.93. The van der Waals surface area contributed by atoms with E-state index < -0.39 is 5.41 Å². The molecule has 6 aliphatic rings. The highest BCUT2D eigenvalue weighted by atomic mass is 15.1. The van der Waals surface area contributed by atoms with Crippen LogP contribution in [0.1, 0.15) is 97.9 Å². The Labute approximate surface area is 372 Å². The lowest BCUT2D eigenvalue weighted by Crippen LogP contribution is -2.52. The molecule has 0 saturated heterocycles. The lowest BCUT2D eigenvalue weighted by Gasteiger charge is -2.54. The molecule has 306 valence electrons. The van der Waals surface area contributed by atoms with Crippen LogP contribution in [0.5, 0.6) is 0 Å². The van der Waals surface area contributed by atoms with Crippen LogP contribution in [0.15, 0.2) is 176 Å². The molecule has 6 atom stereocenters. The Balaban J connectivity index is 1.11. The third-order valence-electron chi connectivity index (χ3n) is 18.2. The fraction of sp³-hybridized carbons (Fsp3) is 0.258. The molecule has 0 aromatic heterocycles. The quantitative estimate of drug-likeness (QED) is 0.172. The first-order valence-electron chi connectivity index (χ1n) is 23.7. The molecule has 1 nitrogen and oxygen atoms in total. The van der Waals surface area contributed by atoms with Crippen molar-refractivity contribution < 1.29 is 0 Å². The molecule has 1 heteroatoms. The minimum absolute atomic E-state index is 0.0317. The Hall–Kier alpha value is -6.18. The number of nitrogens with zero attached hydrogens (tertiary/aromatic N) is 1. The standard InChI is InChI=1S/C62H53N/c1-38-31-42-34-41-35-43(32-38)62(42)56-30-28-46(37-58(56)61(55-24-14-13-23-54(55)60(41,62)4)52-21-11-8-18-48(52)49-19-9-12-22-53(49)61)63(44-26-25-39-15-5-6-16-40(39)33-44)45-27-29-50-47-17-7-10-20-51(47)59(2,3)57(50)36-45/h5-30,33,36-38,41-43H,31-32,34-35H2,1-4H3/t38?,41?,42-,43+,60-,62?/m0/s1. The van der Waals surface area contributed by atoms with E-state index in [9.17, 15) is 0 Å². The van der Waals surface area contributed by atoms with Gasteiger partial charge in [-0.25, -0.2) is 0 Å². The summed E-state index contributed by atoms with van der Waals surface area (Å²) in [5.74, 6) is 2.75. The van der Waals surface area contributed by atoms with Gasteiger partial charge in [0.1, 0.15) is 0 Å². The van der Waals surface area contributed by atoms with E-state index in [4.69, 9.17) is 0 Å². The van der Waals surface area contributed by atoms with Crippen molar-refractivity contribution in [2.24, 2.45) is 23.7 Å². The van der Waals surface area contributed by atoms with Crippen molar-refractivity contribution >= 4 is 27.8 Å². The number of anilines is 3. The number of hydrogen-bond acceptors (Lipinski definition) is 1. The van der Waals surface area contributed by atoms with E-state index in [0.717, 1.165) is 5.92 Å². The van der Waals surface area contributed by atoms with Gasteiger partial charge in [0.15, 0.2) is 0 Å². The molecule has 6 aliphatic carbocycles. The lowest BCUT2D eigenvalue weighted by atomic mass is 9.50. The van der Waals surface area contributed by atoms with Gasteiger partial charge in [-0.05, 0) is 163 Å². The summed E-state index contributed by atoms with van der Waals surface area (Å²) < 4.78 is 0. The second-order valence-electron chi connectivity index (χ2n) is 21.1. The van der Waals surface area contributed by atoms with Crippen LogP contribution in [-0.2, 0) is 21.7 Å². The average molecular weight is 812 g/mol. The van der Waals surface area contributed by atoms with E-state index in [1.54, 1.807) is 11.1 Å². The molecule has 14 rings (SSSR count). The van der Waals surface area contributed by atoms with Crippen molar-refractivity contribution in [3.8, 4) is 22.3 Å². The molecule has 8 aromatic rings. The van der Waals surface area contributed by atoms with E-state index in [-0.39, 0.29) is 16.2 Å². The van der Waals surface area contributed by atoms with Gasteiger partial charge >= 0.3 is 0 Å². The summed E-state index contributed by atoms with van der Waals surface area (Å²) in [5, 5.41) is 2.52. The van der Waals surface area contributed by atoms with Crippen LogP contribution >= 0.6 is 0 Å². The zero-order valence-corrected chi connectivity index (χ0v) is 36.8. The largest absolute Gasteiger partial charge is 0.310 e. The molecule has 2 spiro atoms. The SMILES string of the molecule is CC1C[C@@H]2CC3C[C@H](C1)C21c2ccc(N(c4ccc5c(c4)C(C)(C)c4ccccc4-5)c4ccc5ccccc5c4)cc2C2(c4ccccc4-c4ccccc42)c2ccccc2[C@]31C. The summed E-state index contributed by atoms with van der Waals surface area (Å²) in [6, 6.07) is 68.9. The Morgan fingerprint density at radius 3 is 1.56 bits per heavy atom. The summed E-state index contributed by atoms with van der Waals surface area (Å²) in [6.07, 6.45) is 5.32. The molecule has 0 radical (unpaired) electrons. The van der Waals surface area contributed by atoms with Gasteiger partial charge in [0.05, 0.1) is 5.41 Å². The molecule has 3 saturated carbocycles. The van der Waals surface area contributed by atoms with Gasteiger partial charge in [0.2, 0.25) is 0 Å². The van der Waals surface area contributed by atoms with Gasteiger partial charge in [-0.1, -0.05) is 167 Å². The van der Waals surface area contributed by atoms with E-state index >= 15 is 0 Å². The van der Waals surface area contributed by atoms with E-state index in [2.05, 4.69) is 209 Å². The maximum Gasteiger partial charge on any atom is 0.0720 e. The maximum absolute atomic E-state index is 2.74. The molecular formula is C62H53N. The lowest BCUT2D eigenvalue weighted by molar-refractivity contribution is 0.0674. The Morgan fingerprint density at radius 1 is 0.381 bits per heavy atom. The average Bonchev–Trinajstić information content (AvgIpc) is 3.91. The van der Waals surface area contributed by atoms with Crippen molar-refractivity contribution in [2.75, 3.05) is 4.90 Å². The zero-order valence-electron chi connectivity index (χ0n) is 36.8. The first-order chi connectivity index (χ1) is 30.8. The van der Waals surface area contributed by atoms with E-state index in [1.165, 1.54) is 109 Å². The smallest absolute Gasteiger partial charge is 0.0720 e. The fourth-order valence-electron chi connectivity index (χ4n) is 16.1. The normalized spacial score (nSPS) is 26.5. The third-order valence-corrected chi connectivity index (χ3v) is 18.2. The summed E-state index contributed by atoms with van der Waals surface area (Å²) in [4.78, 5) is 2.59. The van der Waals surface area contributed by atoms with E-state index in [0.29, 0.717) is 17.8 Å². The van der Waals surface area contributed by atoms with Crippen molar-refractivity contribution in [1.82, 2.24) is 0 Å². The van der Waals surface area contributed by atoms with Crippen LogP contribution in [0.4, 0.5) is 17.1 Å². The Morgan fingerprint density at radius 2 is 0.873 bits per heavy atom. The summed E-state index contributed by atoms with van der Waals surface area (Å²) in [5.41, 5.74) is 20.5. The van der Waals surface area contributed by atoms with Crippen LogP contribution in [-0.4, -0.2) is 0 Å². The van der Waals surface area contributed by atoms with Crippen LogP contribution in [0.3, 0.4) is 0 Å². The Kier molecular flexibility index (Phi) is 7.09. The molecular weight excluding hydrogens is 759 g/mol. The minimum Gasteiger partial charge on any atom is -0.310 e. The highest BCUT2D eigenvalue weighted by Gasteiger charge is 2.75. The number of benzene rings is 8. The number of fused-ring (bicyclic) bond motifs is 13. The van der Waals surface area contributed by atoms with Crippen molar-refractivity contribution in [2.45, 2.75) is 75.0 Å². The van der Waals surface area contributed by atoms with E-state index in [1.807, 2.05) is 0 Å². The summed E-state index contributed by atoms with van der Waals surface area (Å²) in [7, 11) is 0. The van der Waals surface area contributed by atoms with Gasteiger partial charge in [0.25, 0.3) is 0 Å². The second-order valence-corrected chi connectivity index (χ2v) is 21.1. The molecule has 8 aromatic carbocycles. The van der Waals surface area contributed by atoms with Crippen LogP contribution < -0.4 is 4.90 Å². The predicted molar refractivity (Wildman–Crippen MR) is 261 cm³/mol. The van der Waals surface area contributed by atoms with Crippen molar-refractivity contribution in [1.29, 1.82) is 0 Å². The zero-order chi connectivity index (χ0) is 42.0. The second kappa shape index (κ2) is 12.3. The minimum atomic E-state index is -0.478. The first-order valence-corrected chi connectivity index (χ1v) is 23.7. The van der Waals surface area contributed by atoms with Crippen molar-refractivity contribution in [3.05, 3.63) is 220 Å². The highest BCUT2D eigenvalue weighted by Crippen LogP contribution is 2.79. The molecule has 0 heterocycles. The van der Waals surface area contributed by atoms with Crippen LogP contribution in [0.25, 0.3) is 33.0 Å². The molecule has 2 bridgehead atoms. The topological polar surface area (TPSA) is 3.24 Å². The van der Waals surface area contributed by atoms with Gasteiger partial charge < -0.3 is 4.90 Å². The number of rotatable bonds is 3. The molecule has 3 fully saturated rings. The molecule has 0 aliphatic heterocycles. The monoisotopic (exact) mass is 811 g/mol. The fourth-order valence-corrected chi connectivity index (χ4v) is 16.1. The summed E-state index contributed by atoms with van der Waals surface area (Å²) >= 11 is 0. The number of hydrogen-bond donors (Lipinski definition) is 0. The van der Waals surface area contributed by atoms with Gasteiger partial charge in [-0.3, -0.25) is 0 Å². The maximum atomic E-state index is 2.74. The van der Waals surface area contributed by atoms with Crippen LogP contribution in [0, 0.1) is 23.7 Å². The van der Waals surface area contributed by atoms with Gasteiger partial charge in [0, 0.05) is 33.3 Å². The van der Waals surface area contributed by atoms with Gasteiger partial charge in [-0.2, -0.15) is 0 Å². The summed E-state index contributed by atoms with van der Waals surface area (Å²) in [6.45, 7) is 10.1. The molecule has 0 N–H and O–H groups in total. The molecule has 3 unspecified atom stereocenters. The molecule has 63 heavy (non-hydrogen) atoms. The first kappa shape index (κ1) is 36.3. The van der Waals surface area contributed by atoms with Crippen molar-refractivity contribution in [3.63, 3.8) is 0 Å². The molecule has 0 amide bonds.